The first-order valence-corrected chi connectivity index (χ1v) is 12.0. The van der Waals surface area contributed by atoms with E-state index in [2.05, 4.69) is 11.9 Å². The zero-order valence-electron chi connectivity index (χ0n) is 18.9. The smallest absolute Gasteiger partial charge is 0.338 e. The Hall–Kier alpha value is -2.91. The Bertz CT molecular complexity index is 1180. The number of sulfonamides is 1. The summed E-state index contributed by atoms with van der Waals surface area (Å²) in [5.41, 5.74) is 1.74. The topological polar surface area (TPSA) is 90.7 Å². The summed E-state index contributed by atoms with van der Waals surface area (Å²) in [6.45, 7) is 5.28. The zero-order valence-corrected chi connectivity index (χ0v) is 19.7. The third kappa shape index (κ3) is 5.11. The molecule has 32 heavy (non-hydrogen) atoms. The van der Waals surface area contributed by atoms with Gasteiger partial charge >= 0.3 is 5.97 Å². The van der Waals surface area contributed by atoms with Gasteiger partial charge in [0.05, 0.1) is 28.1 Å². The van der Waals surface area contributed by atoms with E-state index < -0.39 is 16.0 Å². The quantitative estimate of drug-likeness (QED) is 0.338. The molecule has 0 aliphatic rings. The number of imidazole rings is 1. The number of carbonyl (C=O) groups is 1. The van der Waals surface area contributed by atoms with Gasteiger partial charge in [0.25, 0.3) is 0 Å². The molecule has 0 atom stereocenters. The van der Waals surface area contributed by atoms with Gasteiger partial charge < -0.3 is 14.0 Å². The lowest BCUT2D eigenvalue weighted by molar-refractivity contribution is 0.0458. The molecule has 9 heteroatoms. The molecule has 0 amide bonds. The third-order valence-electron chi connectivity index (χ3n) is 5.08. The number of hydrogen-bond acceptors (Lipinski definition) is 6. The first-order valence-electron chi connectivity index (χ1n) is 10.6. The number of benzene rings is 2. The molecule has 1 aromatic heterocycles. The fourth-order valence-corrected chi connectivity index (χ4v) is 4.15. The molecular weight excluding hydrogens is 430 g/mol. The van der Waals surface area contributed by atoms with E-state index in [1.54, 1.807) is 42.5 Å². The average Bonchev–Trinajstić information content (AvgIpc) is 3.14. The van der Waals surface area contributed by atoms with E-state index in [0.29, 0.717) is 35.8 Å². The molecule has 172 valence electrons. The van der Waals surface area contributed by atoms with E-state index in [1.165, 1.54) is 14.1 Å². The van der Waals surface area contributed by atoms with Gasteiger partial charge in [0.2, 0.25) is 10.0 Å². The Morgan fingerprint density at radius 2 is 1.81 bits per heavy atom. The van der Waals surface area contributed by atoms with Gasteiger partial charge in [0.15, 0.2) is 0 Å². The van der Waals surface area contributed by atoms with Crippen molar-refractivity contribution >= 4 is 27.0 Å². The summed E-state index contributed by atoms with van der Waals surface area (Å²) in [5, 5.41) is 0. The van der Waals surface area contributed by atoms with Crippen LogP contribution in [0.4, 0.5) is 0 Å². The maximum absolute atomic E-state index is 12.5. The second kappa shape index (κ2) is 10.1. The van der Waals surface area contributed by atoms with Gasteiger partial charge in [-0.25, -0.2) is 22.5 Å². The minimum atomic E-state index is -3.56. The van der Waals surface area contributed by atoms with Gasteiger partial charge in [-0.2, -0.15) is 0 Å². The molecule has 0 spiro atoms. The minimum Gasteiger partial charge on any atom is -0.494 e. The highest BCUT2D eigenvalue weighted by Crippen LogP contribution is 2.23. The SMILES string of the molecule is CCCCOc1ccc(C(=O)OCc2nc3cc(S(=O)(=O)N(C)C)ccc3n2CC)cc1. The van der Waals surface area contributed by atoms with E-state index in [-0.39, 0.29) is 11.5 Å². The van der Waals surface area contributed by atoms with Crippen LogP contribution in [-0.2, 0) is 27.9 Å². The number of fused-ring (bicyclic) bond motifs is 1. The summed E-state index contributed by atoms with van der Waals surface area (Å²) >= 11 is 0. The van der Waals surface area contributed by atoms with Crippen molar-refractivity contribution in [2.75, 3.05) is 20.7 Å². The minimum absolute atomic E-state index is 0.0220. The standard InChI is InChI=1S/C23H29N3O5S/c1-5-7-14-30-18-10-8-17(9-11-18)23(27)31-16-22-24-20-15-19(32(28,29)25(3)4)12-13-21(20)26(22)6-2/h8-13,15H,5-7,14,16H2,1-4H3. The Morgan fingerprint density at radius 3 is 2.44 bits per heavy atom. The second-order valence-electron chi connectivity index (χ2n) is 7.51. The van der Waals surface area contributed by atoms with Crippen LogP contribution < -0.4 is 4.74 Å². The number of hydrogen-bond donors (Lipinski definition) is 0. The molecule has 8 nitrogen and oxygen atoms in total. The van der Waals surface area contributed by atoms with E-state index in [4.69, 9.17) is 9.47 Å². The van der Waals surface area contributed by atoms with Crippen molar-refractivity contribution in [2.45, 2.75) is 44.7 Å². The molecule has 0 aliphatic heterocycles. The summed E-state index contributed by atoms with van der Waals surface area (Å²) in [6, 6.07) is 11.7. The van der Waals surface area contributed by atoms with Crippen molar-refractivity contribution in [1.82, 2.24) is 13.9 Å². The van der Waals surface area contributed by atoms with Gasteiger partial charge in [0.1, 0.15) is 18.2 Å². The van der Waals surface area contributed by atoms with E-state index >= 15 is 0 Å². The largest absolute Gasteiger partial charge is 0.494 e. The highest BCUT2D eigenvalue weighted by Gasteiger charge is 2.20. The fraction of sp³-hybridized carbons (Fsp3) is 0.391. The molecule has 0 saturated carbocycles. The van der Waals surface area contributed by atoms with E-state index in [9.17, 15) is 13.2 Å². The lowest BCUT2D eigenvalue weighted by atomic mass is 10.2. The summed E-state index contributed by atoms with van der Waals surface area (Å²) in [5.74, 6) is 0.803. The summed E-state index contributed by atoms with van der Waals surface area (Å²) in [7, 11) is -0.593. The van der Waals surface area contributed by atoms with Crippen molar-refractivity contribution in [3.8, 4) is 5.75 Å². The molecule has 0 fully saturated rings. The normalized spacial score (nSPS) is 11.8. The van der Waals surface area contributed by atoms with Crippen molar-refractivity contribution in [3.05, 3.63) is 53.9 Å². The number of unbranched alkanes of at least 4 members (excludes halogenated alkanes) is 1. The molecule has 2 aromatic carbocycles. The van der Waals surface area contributed by atoms with Crippen molar-refractivity contribution in [1.29, 1.82) is 0 Å². The lowest BCUT2D eigenvalue weighted by Crippen LogP contribution is -2.22. The predicted molar refractivity (Wildman–Crippen MR) is 122 cm³/mol. The maximum atomic E-state index is 12.5. The monoisotopic (exact) mass is 459 g/mol. The van der Waals surface area contributed by atoms with Crippen LogP contribution in [0.2, 0.25) is 0 Å². The zero-order chi connectivity index (χ0) is 23.3. The molecule has 1 heterocycles. The van der Waals surface area contributed by atoms with Crippen LogP contribution in [-0.4, -0.2) is 48.9 Å². The molecular formula is C23H29N3O5S. The second-order valence-corrected chi connectivity index (χ2v) is 9.66. The van der Waals surface area contributed by atoms with Gasteiger partial charge in [-0.1, -0.05) is 13.3 Å². The van der Waals surface area contributed by atoms with Gasteiger partial charge in [-0.05, 0) is 55.8 Å². The van der Waals surface area contributed by atoms with E-state index in [1.807, 2.05) is 11.5 Å². The highest BCUT2D eigenvalue weighted by atomic mass is 32.2. The number of aromatic nitrogens is 2. The fourth-order valence-electron chi connectivity index (χ4n) is 3.23. The van der Waals surface area contributed by atoms with Gasteiger partial charge in [-0.3, -0.25) is 0 Å². The number of esters is 1. The molecule has 0 radical (unpaired) electrons. The number of aryl methyl sites for hydroxylation is 1. The molecule has 3 aromatic rings. The Labute approximate surface area is 188 Å². The number of nitrogens with zero attached hydrogens (tertiary/aromatic N) is 3. The number of rotatable bonds is 10. The first kappa shape index (κ1) is 23.7. The van der Waals surface area contributed by atoms with Crippen LogP contribution in [0.15, 0.2) is 47.4 Å². The van der Waals surface area contributed by atoms with Crippen LogP contribution in [0.1, 0.15) is 42.9 Å². The number of carbonyl (C=O) groups excluding carboxylic acids is 1. The maximum Gasteiger partial charge on any atom is 0.338 e. The van der Waals surface area contributed by atoms with Crippen molar-refractivity contribution < 1.29 is 22.7 Å². The van der Waals surface area contributed by atoms with Gasteiger partial charge in [0, 0.05) is 20.6 Å². The van der Waals surface area contributed by atoms with Crippen molar-refractivity contribution in [2.24, 2.45) is 0 Å². The Morgan fingerprint density at radius 1 is 1.09 bits per heavy atom. The number of ether oxygens (including phenoxy) is 2. The molecule has 0 unspecified atom stereocenters. The molecule has 3 rings (SSSR count). The summed E-state index contributed by atoms with van der Waals surface area (Å²) < 4.78 is 39.0. The third-order valence-corrected chi connectivity index (χ3v) is 6.89. The predicted octanol–water partition coefficient (Wildman–Crippen LogP) is 3.84. The van der Waals surface area contributed by atoms with Gasteiger partial charge in [-0.15, -0.1) is 0 Å². The van der Waals surface area contributed by atoms with Crippen LogP contribution in [0.5, 0.6) is 5.75 Å². The van der Waals surface area contributed by atoms with Crippen LogP contribution in [0.25, 0.3) is 11.0 Å². The van der Waals surface area contributed by atoms with Crippen molar-refractivity contribution in [3.63, 3.8) is 0 Å². The molecule has 0 saturated heterocycles. The summed E-state index contributed by atoms with van der Waals surface area (Å²) in [6.07, 6.45) is 2.03. The molecule has 0 bridgehead atoms. The molecule has 0 N–H and O–H groups in total. The average molecular weight is 460 g/mol. The van der Waals surface area contributed by atoms with E-state index in [0.717, 1.165) is 22.7 Å². The summed E-state index contributed by atoms with van der Waals surface area (Å²) in [4.78, 5) is 17.2. The Balaban J connectivity index is 1.74. The van der Waals surface area contributed by atoms with Crippen LogP contribution in [0, 0.1) is 0 Å². The van der Waals surface area contributed by atoms with Crippen LogP contribution >= 0.6 is 0 Å². The lowest BCUT2D eigenvalue weighted by Gasteiger charge is -2.11. The molecule has 0 aliphatic carbocycles. The first-order chi connectivity index (χ1) is 15.3. The van der Waals surface area contributed by atoms with Crippen LogP contribution in [0.3, 0.4) is 0 Å². The Kier molecular flexibility index (Phi) is 7.52. The highest BCUT2D eigenvalue weighted by molar-refractivity contribution is 7.89.